The number of fused-ring (bicyclic) bond motifs is 1. The molecule has 1 unspecified atom stereocenters. The number of ketones is 1. The third-order valence-corrected chi connectivity index (χ3v) is 4.76. The SMILES string of the molecule is COc1cc(C(=O)CC2(O)CN(C)c3ccccc32)cc(OC)c1OC. The lowest BCUT2D eigenvalue weighted by molar-refractivity contribution is 0.0411. The van der Waals surface area contributed by atoms with Crippen molar-refractivity contribution in [2.24, 2.45) is 0 Å². The first-order chi connectivity index (χ1) is 12.4. The minimum atomic E-state index is -1.23. The summed E-state index contributed by atoms with van der Waals surface area (Å²) in [5.74, 6) is 1.05. The normalized spacial score (nSPS) is 18.4. The second-order valence-electron chi connectivity index (χ2n) is 6.42. The molecule has 138 valence electrons. The summed E-state index contributed by atoms with van der Waals surface area (Å²) in [5.41, 5.74) is 0.874. The fourth-order valence-corrected chi connectivity index (χ4v) is 3.52. The average molecular weight is 357 g/mol. The van der Waals surface area contributed by atoms with Crippen LogP contribution in [0.25, 0.3) is 0 Å². The standard InChI is InChI=1S/C20H23NO5/c1-21-12-20(23,14-7-5-6-8-15(14)21)11-16(22)13-9-17(24-2)19(26-4)18(10-13)25-3/h5-10,23H,11-12H2,1-4H3. The summed E-state index contributed by atoms with van der Waals surface area (Å²) in [6.07, 6.45) is -0.0347. The van der Waals surface area contributed by atoms with Crippen LogP contribution in [0, 0.1) is 0 Å². The van der Waals surface area contributed by atoms with Gasteiger partial charge in [-0.3, -0.25) is 4.79 Å². The fraction of sp³-hybridized carbons (Fsp3) is 0.350. The molecule has 3 rings (SSSR count). The Morgan fingerprint density at radius 1 is 1.12 bits per heavy atom. The summed E-state index contributed by atoms with van der Waals surface area (Å²) in [7, 11) is 6.42. The molecule has 1 heterocycles. The Morgan fingerprint density at radius 2 is 1.73 bits per heavy atom. The van der Waals surface area contributed by atoms with Crippen LogP contribution in [0.1, 0.15) is 22.3 Å². The minimum Gasteiger partial charge on any atom is -0.493 e. The number of aliphatic hydroxyl groups is 1. The third kappa shape index (κ3) is 2.97. The van der Waals surface area contributed by atoms with Gasteiger partial charge in [-0.2, -0.15) is 0 Å². The van der Waals surface area contributed by atoms with Crippen LogP contribution in [0.2, 0.25) is 0 Å². The van der Waals surface area contributed by atoms with E-state index in [9.17, 15) is 9.90 Å². The van der Waals surface area contributed by atoms with E-state index in [4.69, 9.17) is 14.2 Å². The maximum absolute atomic E-state index is 12.9. The molecule has 26 heavy (non-hydrogen) atoms. The summed E-state index contributed by atoms with van der Waals surface area (Å²) in [6, 6.07) is 10.8. The molecule has 0 fully saturated rings. The van der Waals surface area contributed by atoms with Gasteiger partial charge in [0.15, 0.2) is 17.3 Å². The molecule has 0 aliphatic carbocycles. The number of carbonyl (C=O) groups is 1. The Bertz CT molecular complexity index is 810. The number of Topliss-reactive ketones (excluding diaryl/α,β-unsaturated/α-hetero) is 1. The van der Waals surface area contributed by atoms with Crippen molar-refractivity contribution in [1.29, 1.82) is 0 Å². The molecule has 2 aromatic rings. The van der Waals surface area contributed by atoms with E-state index in [0.29, 0.717) is 29.4 Å². The van der Waals surface area contributed by atoms with Crippen molar-refractivity contribution >= 4 is 11.5 Å². The number of likely N-dealkylation sites (N-methyl/N-ethyl adjacent to an activating group) is 1. The van der Waals surface area contributed by atoms with E-state index in [1.807, 2.05) is 36.2 Å². The molecule has 0 saturated carbocycles. The first-order valence-corrected chi connectivity index (χ1v) is 8.29. The number of hydrogen-bond donors (Lipinski definition) is 1. The number of anilines is 1. The Labute approximate surface area is 152 Å². The zero-order valence-electron chi connectivity index (χ0n) is 15.4. The van der Waals surface area contributed by atoms with E-state index < -0.39 is 5.60 Å². The monoisotopic (exact) mass is 357 g/mol. The van der Waals surface area contributed by atoms with Gasteiger partial charge in [-0.25, -0.2) is 0 Å². The van der Waals surface area contributed by atoms with Gasteiger partial charge >= 0.3 is 0 Å². The van der Waals surface area contributed by atoms with Gasteiger partial charge in [0.2, 0.25) is 5.75 Å². The van der Waals surface area contributed by atoms with Crippen molar-refractivity contribution in [2.75, 3.05) is 39.8 Å². The zero-order valence-corrected chi connectivity index (χ0v) is 15.4. The van der Waals surface area contributed by atoms with Crippen LogP contribution >= 0.6 is 0 Å². The van der Waals surface area contributed by atoms with Gasteiger partial charge in [-0.15, -0.1) is 0 Å². The molecule has 0 bridgehead atoms. The Balaban J connectivity index is 1.94. The van der Waals surface area contributed by atoms with Gasteiger partial charge in [0.05, 0.1) is 27.9 Å². The van der Waals surface area contributed by atoms with Gasteiger partial charge in [0, 0.05) is 30.3 Å². The van der Waals surface area contributed by atoms with Crippen molar-refractivity contribution < 1.29 is 24.1 Å². The van der Waals surface area contributed by atoms with Crippen molar-refractivity contribution in [3.05, 3.63) is 47.5 Å². The zero-order chi connectivity index (χ0) is 18.9. The van der Waals surface area contributed by atoms with Crippen molar-refractivity contribution in [2.45, 2.75) is 12.0 Å². The molecular formula is C20H23NO5. The van der Waals surface area contributed by atoms with E-state index in [1.54, 1.807) is 12.1 Å². The van der Waals surface area contributed by atoms with E-state index in [1.165, 1.54) is 21.3 Å². The summed E-state index contributed by atoms with van der Waals surface area (Å²) in [6.45, 7) is 0.364. The molecule has 6 nitrogen and oxygen atoms in total. The summed E-state index contributed by atoms with van der Waals surface area (Å²) in [4.78, 5) is 14.9. The maximum atomic E-state index is 12.9. The average Bonchev–Trinajstić information content (AvgIpc) is 2.91. The highest BCUT2D eigenvalue weighted by Gasteiger charge is 2.41. The predicted molar refractivity (Wildman–Crippen MR) is 98.7 cm³/mol. The molecule has 1 N–H and O–H groups in total. The van der Waals surface area contributed by atoms with Gasteiger partial charge < -0.3 is 24.2 Å². The highest BCUT2D eigenvalue weighted by atomic mass is 16.5. The second-order valence-corrected chi connectivity index (χ2v) is 6.42. The van der Waals surface area contributed by atoms with Crippen molar-refractivity contribution in [3.63, 3.8) is 0 Å². The van der Waals surface area contributed by atoms with Gasteiger partial charge in [0.1, 0.15) is 5.60 Å². The Hall–Kier alpha value is -2.73. The van der Waals surface area contributed by atoms with E-state index in [0.717, 1.165) is 11.3 Å². The topological polar surface area (TPSA) is 68.2 Å². The van der Waals surface area contributed by atoms with Gasteiger partial charge in [-0.1, -0.05) is 18.2 Å². The number of para-hydroxylation sites is 1. The lowest BCUT2D eigenvalue weighted by Crippen LogP contribution is -2.34. The van der Waals surface area contributed by atoms with Crippen LogP contribution in [0.3, 0.4) is 0 Å². The fourth-order valence-electron chi connectivity index (χ4n) is 3.52. The summed E-state index contributed by atoms with van der Waals surface area (Å²) in [5, 5.41) is 11.1. The number of rotatable bonds is 6. The summed E-state index contributed by atoms with van der Waals surface area (Å²) >= 11 is 0. The van der Waals surface area contributed by atoms with Crippen LogP contribution in [0.5, 0.6) is 17.2 Å². The highest BCUT2D eigenvalue weighted by molar-refractivity contribution is 5.98. The number of nitrogens with zero attached hydrogens (tertiary/aromatic N) is 1. The Morgan fingerprint density at radius 3 is 2.31 bits per heavy atom. The molecule has 0 amide bonds. The molecule has 0 saturated heterocycles. The van der Waals surface area contributed by atoms with E-state index in [2.05, 4.69) is 0 Å². The van der Waals surface area contributed by atoms with Crippen LogP contribution in [0.4, 0.5) is 5.69 Å². The molecule has 1 atom stereocenters. The van der Waals surface area contributed by atoms with E-state index in [-0.39, 0.29) is 12.2 Å². The smallest absolute Gasteiger partial charge is 0.203 e. The Kier molecular flexibility index (Phi) is 4.78. The molecule has 0 aromatic heterocycles. The summed E-state index contributed by atoms with van der Waals surface area (Å²) < 4.78 is 15.9. The first kappa shape index (κ1) is 18.1. The quantitative estimate of drug-likeness (QED) is 0.802. The third-order valence-electron chi connectivity index (χ3n) is 4.76. The number of ether oxygens (including phenoxy) is 3. The van der Waals surface area contributed by atoms with Gasteiger partial charge in [-0.05, 0) is 18.2 Å². The van der Waals surface area contributed by atoms with Crippen LogP contribution in [0.15, 0.2) is 36.4 Å². The molecule has 0 radical (unpaired) electrons. The van der Waals surface area contributed by atoms with E-state index >= 15 is 0 Å². The lowest BCUT2D eigenvalue weighted by atomic mass is 9.88. The lowest BCUT2D eigenvalue weighted by Gasteiger charge is -2.23. The number of β-amino-alcohol motifs (C(OH)–C–C–N with tert-alkyl or cyclic N) is 1. The van der Waals surface area contributed by atoms with Crippen LogP contribution in [-0.4, -0.2) is 45.8 Å². The molecule has 1 aliphatic rings. The minimum absolute atomic E-state index is 0.0347. The number of benzene rings is 2. The molecule has 1 aliphatic heterocycles. The maximum Gasteiger partial charge on any atom is 0.203 e. The van der Waals surface area contributed by atoms with Crippen LogP contribution < -0.4 is 19.1 Å². The number of methoxy groups -OCH3 is 3. The van der Waals surface area contributed by atoms with Crippen molar-refractivity contribution in [1.82, 2.24) is 0 Å². The predicted octanol–water partition coefficient (Wildman–Crippen LogP) is 2.62. The van der Waals surface area contributed by atoms with Crippen molar-refractivity contribution in [3.8, 4) is 17.2 Å². The van der Waals surface area contributed by atoms with Crippen LogP contribution in [-0.2, 0) is 5.60 Å². The molecule has 6 heteroatoms. The first-order valence-electron chi connectivity index (χ1n) is 8.29. The highest BCUT2D eigenvalue weighted by Crippen LogP contribution is 2.42. The molecule has 0 spiro atoms. The second kappa shape index (κ2) is 6.88. The van der Waals surface area contributed by atoms with Gasteiger partial charge in [0.25, 0.3) is 0 Å². The largest absolute Gasteiger partial charge is 0.493 e. The number of hydrogen-bond acceptors (Lipinski definition) is 6. The molecule has 2 aromatic carbocycles. The molecular weight excluding hydrogens is 334 g/mol. The number of carbonyl (C=O) groups excluding carboxylic acids is 1.